The molecule has 2 heteroatoms. The van der Waals surface area contributed by atoms with Gasteiger partial charge < -0.3 is 4.90 Å². The van der Waals surface area contributed by atoms with E-state index in [2.05, 4.69) is 18.8 Å². The van der Waals surface area contributed by atoms with Crippen LogP contribution in [0.1, 0.15) is 20.3 Å². The molecule has 0 unspecified atom stereocenters. The number of nitrogens with zero attached hydrogens (tertiary/aromatic N) is 1. The third-order valence-electron chi connectivity index (χ3n) is 1.48. The summed E-state index contributed by atoms with van der Waals surface area (Å²) in [7, 11) is 0. The van der Waals surface area contributed by atoms with Crippen molar-refractivity contribution in [2.24, 2.45) is 0 Å². The molecule has 11 heavy (non-hydrogen) atoms. The molecular formula is C9H14NO. The molecule has 0 aromatic heterocycles. The van der Waals surface area contributed by atoms with E-state index in [1.807, 2.05) is 13.8 Å². The molecular weight excluding hydrogens is 138 g/mol. The highest BCUT2D eigenvalue weighted by molar-refractivity contribution is 5.78. The van der Waals surface area contributed by atoms with Gasteiger partial charge in [0.15, 0.2) is 0 Å². The highest BCUT2D eigenvalue weighted by atomic mass is 16.2. The zero-order chi connectivity index (χ0) is 8.69. The summed E-state index contributed by atoms with van der Waals surface area (Å²) in [5.41, 5.74) is 0. The van der Waals surface area contributed by atoms with Crippen LogP contribution in [0.3, 0.4) is 0 Å². The summed E-state index contributed by atoms with van der Waals surface area (Å²) in [6.45, 7) is 8.77. The largest absolute Gasteiger partial charge is 0.342 e. The molecule has 0 aromatic carbocycles. The number of carbonyl (C=O) groups excluding carboxylic acids is 1. The Morgan fingerprint density at radius 2 is 2.00 bits per heavy atom. The van der Waals surface area contributed by atoms with Crippen LogP contribution >= 0.6 is 0 Å². The molecule has 0 N–H and O–H groups in total. The maximum Gasteiger partial charge on any atom is 0.234 e. The van der Waals surface area contributed by atoms with Crippen molar-refractivity contribution in [3.63, 3.8) is 0 Å². The first-order valence-electron chi connectivity index (χ1n) is 3.79. The maximum absolute atomic E-state index is 11.2. The van der Waals surface area contributed by atoms with Crippen LogP contribution in [0.25, 0.3) is 0 Å². The summed E-state index contributed by atoms with van der Waals surface area (Å²) in [6, 6.07) is 0. The lowest BCUT2D eigenvalue weighted by Crippen LogP contribution is -2.29. The minimum Gasteiger partial charge on any atom is -0.342 e. The second-order valence-corrected chi connectivity index (χ2v) is 2.10. The van der Waals surface area contributed by atoms with Gasteiger partial charge in [0.05, 0.1) is 6.42 Å². The average Bonchev–Trinajstić information content (AvgIpc) is 2.03. The van der Waals surface area contributed by atoms with Crippen LogP contribution in [0.2, 0.25) is 0 Å². The van der Waals surface area contributed by atoms with Crippen molar-refractivity contribution in [3.05, 3.63) is 6.92 Å². The molecule has 0 spiro atoms. The molecule has 0 aliphatic heterocycles. The third kappa shape index (κ3) is 3.67. The lowest BCUT2D eigenvalue weighted by Gasteiger charge is -2.16. The minimum absolute atomic E-state index is 0.0890. The van der Waals surface area contributed by atoms with E-state index in [-0.39, 0.29) is 5.91 Å². The van der Waals surface area contributed by atoms with Crippen molar-refractivity contribution in [3.8, 4) is 11.8 Å². The summed E-state index contributed by atoms with van der Waals surface area (Å²) < 4.78 is 0. The van der Waals surface area contributed by atoms with Gasteiger partial charge in [-0.1, -0.05) is 5.92 Å². The lowest BCUT2D eigenvalue weighted by atomic mass is 10.3. The number of amides is 1. The van der Waals surface area contributed by atoms with Gasteiger partial charge >= 0.3 is 0 Å². The topological polar surface area (TPSA) is 20.3 Å². The molecule has 0 aliphatic rings. The van der Waals surface area contributed by atoms with Crippen molar-refractivity contribution in [1.29, 1.82) is 0 Å². The fourth-order valence-corrected chi connectivity index (χ4v) is 0.826. The Labute approximate surface area is 68.6 Å². The van der Waals surface area contributed by atoms with Crippen LogP contribution in [0.15, 0.2) is 0 Å². The molecule has 1 radical (unpaired) electrons. The van der Waals surface area contributed by atoms with Gasteiger partial charge in [0.25, 0.3) is 0 Å². The fourth-order valence-electron chi connectivity index (χ4n) is 0.826. The molecule has 61 valence electrons. The highest BCUT2D eigenvalue weighted by Crippen LogP contribution is 1.91. The molecule has 0 saturated carbocycles. The second kappa shape index (κ2) is 5.79. The normalized spacial score (nSPS) is 8.27. The second-order valence-electron chi connectivity index (χ2n) is 2.10. The molecule has 0 bridgehead atoms. The molecule has 2 nitrogen and oxygen atoms in total. The number of carbonyl (C=O) groups is 1. The molecule has 0 aliphatic carbocycles. The Morgan fingerprint density at radius 3 is 2.36 bits per heavy atom. The van der Waals surface area contributed by atoms with Gasteiger partial charge in [-0.15, -0.1) is 5.92 Å². The monoisotopic (exact) mass is 152 g/mol. The standard InChI is InChI=1S/C9H14NO/c1-4-7-8-9(11)10(5-2)6-3/h1,5-6,8H2,2-3H3. The summed E-state index contributed by atoms with van der Waals surface area (Å²) >= 11 is 0. The summed E-state index contributed by atoms with van der Waals surface area (Å²) in [6.07, 6.45) is 0.297. The molecule has 0 rings (SSSR count). The molecule has 0 aromatic rings. The first-order valence-corrected chi connectivity index (χ1v) is 3.79. The fraction of sp³-hybridized carbons (Fsp3) is 0.556. The Balaban J connectivity index is 3.85. The van der Waals surface area contributed by atoms with Gasteiger partial charge in [-0.3, -0.25) is 4.79 Å². The van der Waals surface area contributed by atoms with Crippen LogP contribution in [0, 0.1) is 18.8 Å². The van der Waals surface area contributed by atoms with Gasteiger partial charge in [0.2, 0.25) is 5.91 Å². The van der Waals surface area contributed by atoms with Crippen molar-refractivity contribution in [2.75, 3.05) is 13.1 Å². The molecule has 0 saturated heterocycles. The van der Waals surface area contributed by atoms with E-state index in [1.165, 1.54) is 0 Å². The molecule has 1 amide bonds. The van der Waals surface area contributed by atoms with Gasteiger partial charge in [0.1, 0.15) is 0 Å². The van der Waals surface area contributed by atoms with Crippen LogP contribution < -0.4 is 0 Å². The summed E-state index contributed by atoms with van der Waals surface area (Å²) in [5, 5.41) is 0. The number of hydrogen-bond acceptors (Lipinski definition) is 1. The van der Waals surface area contributed by atoms with E-state index in [9.17, 15) is 4.79 Å². The Kier molecular flexibility index (Phi) is 5.28. The van der Waals surface area contributed by atoms with E-state index < -0.39 is 0 Å². The van der Waals surface area contributed by atoms with Crippen molar-refractivity contribution in [1.82, 2.24) is 4.90 Å². The van der Waals surface area contributed by atoms with Gasteiger partial charge in [-0.25, -0.2) is 0 Å². The minimum atomic E-state index is 0.0890. The highest BCUT2D eigenvalue weighted by Gasteiger charge is 2.05. The lowest BCUT2D eigenvalue weighted by molar-refractivity contribution is -0.129. The van der Waals surface area contributed by atoms with Gasteiger partial charge in [-0.2, -0.15) is 0 Å². The first-order chi connectivity index (χ1) is 5.26. The quantitative estimate of drug-likeness (QED) is 0.554. The van der Waals surface area contributed by atoms with Gasteiger partial charge in [-0.05, 0) is 13.8 Å². The van der Waals surface area contributed by atoms with Crippen molar-refractivity contribution in [2.45, 2.75) is 20.3 Å². The van der Waals surface area contributed by atoms with E-state index in [1.54, 1.807) is 4.90 Å². The predicted octanol–water partition coefficient (Wildman–Crippen LogP) is 1.08. The third-order valence-corrected chi connectivity index (χ3v) is 1.48. The van der Waals surface area contributed by atoms with Crippen LogP contribution in [0.5, 0.6) is 0 Å². The van der Waals surface area contributed by atoms with Crippen molar-refractivity contribution < 1.29 is 4.79 Å². The Morgan fingerprint density at radius 1 is 1.45 bits per heavy atom. The summed E-state index contributed by atoms with van der Waals surface area (Å²) in [4.78, 5) is 12.9. The molecule has 0 heterocycles. The SMILES string of the molecule is [CH2]C#CCC(=O)N(CC)CC. The van der Waals surface area contributed by atoms with Gasteiger partial charge in [0, 0.05) is 20.0 Å². The zero-order valence-electron chi connectivity index (χ0n) is 7.18. The van der Waals surface area contributed by atoms with Crippen LogP contribution in [0.4, 0.5) is 0 Å². The maximum atomic E-state index is 11.2. The Hall–Kier alpha value is -0.970. The zero-order valence-corrected chi connectivity index (χ0v) is 7.18. The smallest absolute Gasteiger partial charge is 0.234 e. The predicted molar refractivity (Wildman–Crippen MR) is 45.7 cm³/mol. The Bertz CT molecular complexity index is 172. The molecule has 0 fully saturated rings. The number of hydrogen-bond donors (Lipinski definition) is 0. The van der Waals surface area contributed by atoms with Crippen molar-refractivity contribution >= 4 is 5.91 Å². The van der Waals surface area contributed by atoms with E-state index in [0.717, 1.165) is 13.1 Å². The molecule has 0 atom stereocenters. The number of rotatable bonds is 3. The van der Waals surface area contributed by atoms with Crippen LogP contribution in [-0.2, 0) is 4.79 Å². The van der Waals surface area contributed by atoms with E-state index >= 15 is 0 Å². The van der Waals surface area contributed by atoms with Crippen LogP contribution in [-0.4, -0.2) is 23.9 Å². The first kappa shape index (κ1) is 10.0. The van der Waals surface area contributed by atoms with E-state index in [4.69, 9.17) is 0 Å². The average molecular weight is 152 g/mol. The van der Waals surface area contributed by atoms with E-state index in [0.29, 0.717) is 6.42 Å². The summed E-state index contributed by atoms with van der Waals surface area (Å²) in [5.74, 6) is 5.19.